The summed E-state index contributed by atoms with van der Waals surface area (Å²) in [6.07, 6.45) is -1.24. The summed E-state index contributed by atoms with van der Waals surface area (Å²) in [5.41, 5.74) is 0.900. The molecule has 1 aromatic rings. The number of aliphatic carboxylic acids is 1. The summed E-state index contributed by atoms with van der Waals surface area (Å²) in [6, 6.07) is 8.56. The van der Waals surface area contributed by atoms with Crippen molar-refractivity contribution < 1.29 is 85.1 Å². The fourth-order valence-electron chi connectivity index (χ4n) is 3.00. The Morgan fingerprint density at radius 3 is 2.24 bits per heavy atom. The van der Waals surface area contributed by atoms with E-state index in [4.69, 9.17) is 9.47 Å². The Balaban J connectivity index is 0.00000544. The number of hydrogen-bond acceptors (Lipinski definition) is 7. The maximum absolute atomic E-state index is 12.4. The smallest absolute Gasteiger partial charge is 0.547 e. The van der Waals surface area contributed by atoms with Crippen molar-refractivity contribution in [1.82, 2.24) is 16.0 Å². The van der Waals surface area contributed by atoms with Gasteiger partial charge in [0.2, 0.25) is 5.91 Å². The number of rotatable bonds is 13. The van der Waals surface area contributed by atoms with Gasteiger partial charge in [-0.3, -0.25) is 9.59 Å². The molecule has 0 bridgehead atoms. The zero-order valence-electron chi connectivity index (χ0n) is 19.3. The average molecular weight is 488 g/mol. The Labute approximate surface area is 236 Å². The first-order chi connectivity index (χ1) is 15.3. The van der Waals surface area contributed by atoms with Gasteiger partial charge in [0.1, 0.15) is 18.8 Å². The number of benzene rings is 1. The van der Waals surface area contributed by atoms with E-state index in [-0.39, 0.29) is 69.8 Å². The zero-order chi connectivity index (χ0) is 23.5. The van der Waals surface area contributed by atoms with Crippen LogP contribution in [0.3, 0.4) is 0 Å². The van der Waals surface area contributed by atoms with Gasteiger partial charge in [0.25, 0.3) is 5.91 Å². The summed E-state index contributed by atoms with van der Waals surface area (Å²) < 4.78 is 9.88. The van der Waals surface area contributed by atoms with E-state index in [0.717, 1.165) is 5.56 Å². The van der Waals surface area contributed by atoms with Crippen LogP contribution in [-0.2, 0) is 30.5 Å². The van der Waals surface area contributed by atoms with Crippen LogP contribution in [0.4, 0.5) is 4.79 Å². The second kappa shape index (κ2) is 15.4. The van der Waals surface area contributed by atoms with Gasteiger partial charge in [0.05, 0.1) is 5.97 Å². The summed E-state index contributed by atoms with van der Waals surface area (Å²) >= 11 is 0. The van der Waals surface area contributed by atoms with E-state index in [1.165, 1.54) is 0 Å². The molecule has 0 aliphatic carbocycles. The van der Waals surface area contributed by atoms with Gasteiger partial charge in [0.15, 0.2) is 6.10 Å². The van der Waals surface area contributed by atoms with Gasteiger partial charge in [-0.15, -0.1) is 0 Å². The summed E-state index contributed by atoms with van der Waals surface area (Å²) in [5.74, 6) is -2.31. The maximum atomic E-state index is 12.4. The molecule has 3 N–H and O–H groups in total. The molecule has 176 valence electrons. The molecule has 1 heterocycles. The summed E-state index contributed by atoms with van der Waals surface area (Å²) in [5, 5.41) is 18.7. The van der Waals surface area contributed by atoms with Gasteiger partial charge in [-0.05, 0) is 30.7 Å². The number of carboxylic acids is 1. The fraction of sp³-hybridized carbons (Fsp3) is 0.545. The number of unbranched alkanes of at least 4 members (excludes halogenated alkanes) is 1. The van der Waals surface area contributed by atoms with Gasteiger partial charge in [0, 0.05) is 13.1 Å². The van der Waals surface area contributed by atoms with E-state index in [1.807, 2.05) is 44.2 Å². The van der Waals surface area contributed by atoms with Gasteiger partial charge in [-0.25, -0.2) is 4.79 Å². The van der Waals surface area contributed by atoms with Crippen LogP contribution in [0.1, 0.15) is 38.7 Å². The third-order valence-corrected chi connectivity index (χ3v) is 4.71. The first-order valence-corrected chi connectivity index (χ1v) is 10.7. The van der Waals surface area contributed by atoms with E-state index in [0.29, 0.717) is 32.4 Å². The minimum Gasteiger partial charge on any atom is -0.547 e. The van der Waals surface area contributed by atoms with Crippen LogP contribution in [0.5, 0.6) is 0 Å². The SMILES string of the molecule is CC(C)C[C@H](NC(=O)[C@H]1O[C@@H]1C(=O)[O-])C(=O)NCCCCNC(=O)OCc1ccccc1.[K+]. The molecule has 1 aromatic carbocycles. The molecule has 3 atom stereocenters. The number of carboxylic acid groups (broad SMARTS) is 1. The van der Waals surface area contributed by atoms with Crippen LogP contribution >= 0.6 is 0 Å². The second-order valence-electron chi connectivity index (χ2n) is 7.97. The number of nitrogens with one attached hydrogen (secondary N) is 3. The Kier molecular flexibility index (Phi) is 13.8. The number of carbonyl (C=O) groups is 4. The third kappa shape index (κ3) is 11.5. The Morgan fingerprint density at radius 1 is 1.03 bits per heavy atom. The fourth-order valence-corrected chi connectivity index (χ4v) is 3.00. The summed E-state index contributed by atoms with van der Waals surface area (Å²) in [6.45, 7) is 4.78. The normalized spacial score (nSPS) is 17.3. The molecule has 10 nitrogen and oxygen atoms in total. The summed E-state index contributed by atoms with van der Waals surface area (Å²) in [4.78, 5) is 46.9. The van der Waals surface area contributed by atoms with Crippen molar-refractivity contribution in [3.8, 4) is 0 Å². The second-order valence-corrected chi connectivity index (χ2v) is 7.97. The summed E-state index contributed by atoms with van der Waals surface area (Å²) in [7, 11) is 0. The van der Waals surface area contributed by atoms with Crippen molar-refractivity contribution in [2.24, 2.45) is 5.92 Å². The molecule has 1 saturated heterocycles. The number of ether oxygens (including phenoxy) is 2. The van der Waals surface area contributed by atoms with E-state index in [9.17, 15) is 24.3 Å². The number of amides is 3. The van der Waals surface area contributed by atoms with Crippen molar-refractivity contribution in [1.29, 1.82) is 0 Å². The molecule has 0 unspecified atom stereocenters. The average Bonchev–Trinajstić information content (AvgIpc) is 3.56. The first kappa shape index (κ1) is 29.5. The Hall–Kier alpha value is -1.50. The molecule has 1 fully saturated rings. The molecule has 11 heteroatoms. The molecular weight excluding hydrogens is 457 g/mol. The molecule has 2 rings (SSSR count). The van der Waals surface area contributed by atoms with Gasteiger partial charge in [-0.2, -0.15) is 0 Å². The standard InChI is InChI=1S/C22H31N3O7.K/c1-14(2)12-16(25-20(27)17-18(32-17)21(28)29)19(26)23-10-6-7-11-24-22(30)31-13-15-8-4-3-5-9-15;/h3-5,8-9,14,16-18H,6-7,10-13H2,1-2H3,(H,23,26)(H,24,30)(H,25,27)(H,28,29);/q;+1/p-1/t16-,17-,18-;/m0./s1. The molecule has 33 heavy (non-hydrogen) atoms. The van der Waals surface area contributed by atoms with E-state index >= 15 is 0 Å². The number of alkyl carbamates (subject to hydrolysis) is 1. The van der Waals surface area contributed by atoms with Crippen LogP contribution in [0.15, 0.2) is 30.3 Å². The zero-order valence-corrected chi connectivity index (χ0v) is 22.4. The quantitative estimate of drug-likeness (QED) is 0.151. The minimum atomic E-state index is -1.45. The molecule has 0 saturated carbocycles. The van der Waals surface area contributed by atoms with Crippen molar-refractivity contribution in [2.45, 2.75) is 58.0 Å². The minimum absolute atomic E-state index is 0. The van der Waals surface area contributed by atoms with Crippen molar-refractivity contribution >= 4 is 23.9 Å². The van der Waals surface area contributed by atoms with Crippen molar-refractivity contribution in [3.05, 3.63) is 35.9 Å². The van der Waals surface area contributed by atoms with E-state index < -0.39 is 36.2 Å². The van der Waals surface area contributed by atoms with Crippen LogP contribution in [-0.4, -0.2) is 55.2 Å². The third-order valence-electron chi connectivity index (χ3n) is 4.71. The van der Waals surface area contributed by atoms with Gasteiger partial charge >= 0.3 is 57.5 Å². The topological polar surface area (TPSA) is 149 Å². The molecule has 1 aliphatic heterocycles. The van der Waals surface area contributed by atoms with E-state index in [2.05, 4.69) is 16.0 Å². The van der Waals surface area contributed by atoms with Crippen LogP contribution < -0.4 is 72.4 Å². The van der Waals surface area contributed by atoms with Gasteiger partial charge in [-0.1, -0.05) is 44.2 Å². The molecule has 0 spiro atoms. The maximum Gasteiger partial charge on any atom is 1.00 e. The molecular formula is C22H30KN3O7. The van der Waals surface area contributed by atoms with Crippen LogP contribution in [0, 0.1) is 5.92 Å². The van der Waals surface area contributed by atoms with Crippen molar-refractivity contribution in [3.63, 3.8) is 0 Å². The molecule has 3 amide bonds. The Morgan fingerprint density at radius 2 is 1.67 bits per heavy atom. The van der Waals surface area contributed by atoms with Gasteiger partial charge < -0.3 is 35.3 Å². The predicted molar refractivity (Wildman–Crippen MR) is 112 cm³/mol. The van der Waals surface area contributed by atoms with Crippen LogP contribution in [0.25, 0.3) is 0 Å². The number of epoxide rings is 1. The Bertz CT molecular complexity index is 791. The van der Waals surface area contributed by atoms with Crippen LogP contribution in [0.2, 0.25) is 0 Å². The number of carbonyl (C=O) groups excluding carboxylic acids is 4. The molecule has 0 aromatic heterocycles. The molecule has 1 aliphatic rings. The monoisotopic (exact) mass is 487 g/mol. The largest absolute Gasteiger partial charge is 1.00 e. The van der Waals surface area contributed by atoms with E-state index in [1.54, 1.807) is 0 Å². The molecule has 0 radical (unpaired) electrons. The predicted octanol–water partition coefficient (Wildman–Crippen LogP) is -3.14. The van der Waals surface area contributed by atoms with Crippen molar-refractivity contribution in [2.75, 3.05) is 13.1 Å². The first-order valence-electron chi connectivity index (χ1n) is 10.7. The number of hydrogen-bond donors (Lipinski definition) is 3.